The number of carbonyl (C=O) groups excluding carboxylic acids is 2. The summed E-state index contributed by atoms with van der Waals surface area (Å²) in [5.41, 5.74) is 1.30. The number of fused-ring (bicyclic) bond motifs is 1. The number of nitrogens with one attached hydrogen (secondary N) is 1. The number of aryl methyl sites for hydroxylation is 2. The summed E-state index contributed by atoms with van der Waals surface area (Å²) in [6.45, 7) is 10.3. The van der Waals surface area contributed by atoms with Gasteiger partial charge in [-0.2, -0.15) is 0 Å². The first-order valence-corrected chi connectivity index (χ1v) is 11.8. The molecule has 0 radical (unpaired) electrons. The first-order chi connectivity index (χ1) is 14.3. The van der Waals surface area contributed by atoms with E-state index < -0.39 is 29.3 Å². The molecule has 1 heterocycles. The molecule has 1 aromatic carbocycles. The third kappa shape index (κ3) is 6.80. The monoisotopic (exact) mass is 559 g/mol. The Morgan fingerprint density at radius 1 is 1.23 bits per heavy atom. The van der Waals surface area contributed by atoms with Gasteiger partial charge in [-0.15, -0.1) is 0 Å². The van der Waals surface area contributed by atoms with E-state index in [2.05, 4.69) is 37.2 Å². The predicted octanol–water partition coefficient (Wildman–Crippen LogP) is 4.93. The smallest absolute Gasteiger partial charge is 0.408 e. The van der Waals surface area contributed by atoms with E-state index in [1.54, 1.807) is 27.7 Å². The second-order valence-corrected chi connectivity index (χ2v) is 10.3. The van der Waals surface area contributed by atoms with Crippen molar-refractivity contribution in [1.29, 1.82) is 0 Å². The molecule has 1 amide bonds. The van der Waals surface area contributed by atoms with Gasteiger partial charge in [0, 0.05) is 27.2 Å². The summed E-state index contributed by atoms with van der Waals surface area (Å²) in [4.78, 5) is 36.7. The van der Waals surface area contributed by atoms with Gasteiger partial charge in [-0.3, -0.25) is 0 Å². The van der Waals surface area contributed by atoms with Gasteiger partial charge in [0.25, 0.3) is 0 Å². The SMILES string of the molecule is Cc1cc(=O)oc2c(C)c(OC(=O)[C@H](C)NC(=O)OC(C)(C)C)c(CC(Br)CBr)cc12. The lowest BCUT2D eigenvalue weighted by Gasteiger charge is -2.22. The van der Waals surface area contributed by atoms with Gasteiger partial charge < -0.3 is 19.2 Å². The minimum atomic E-state index is -0.946. The molecule has 0 aliphatic carbocycles. The van der Waals surface area contributed by atoms with E-state index in [4.69, 9.17) is 13.9 Å². The molecule has 0 aliphatic heterocycles. The summed E-state index contributed by atoms with van der Waals surface area (Å²) < 4.78 is 16.3. The number of amides is 1. The Bertz CT molecular complexity index is 1040. The molecule has 0 saturated carbocycles. The van der Waals surface area contributed by atoms with E-state index in [0.29, 0.717) is 28.6 Å². The number of hydrogen-bond acceptors (Lipinski definition) is 6. The average Bonchev–Trinajstić information content (AvgIpc) is 2.63. The molecular formula is C22H27Br2NO6. The molecule has 0 saturated heterocycles. The summed E-state index contributed by atoms with van der Waals surface area (Å²) >= 11 is 7.03. The molecule has 1 N–H and O–H groups in total. The number of alkyl halides is 2. The molecule has 9 heteroatoms. The van der Waals surface area contributed by atoms with E-state index in [9.17, 15) is 14.4 Å². The van der Waals surface area contributed by atoms with Crippen molar-refractivity contribution in [3.63, 3.8) is 0 Å². The molecule has 2 rings (SSSR count). The van der Waals surface area contributed by atoms with Gasteiger partial charge in [0.15, 0.2) is 0 Å². The molecule has 2 aromatic rings. The Labute approximate surface area is 198 Å². The molecule has 0 fully saturated rings. The van der Waals surface area contributed by atoms with Crippen LogP contribution in [-0.4, -0.2) is 33.9 Å². The number of carbonyl (C=O) groups is 2. The minimum Gasteiger partial charge on any atom is -0.444 e. The van der Waals surface area contributed by atoms with Crippen LogP contribution in [-0.2, 0) is 16.0 Å². The zero-order valence-corrected chi connectivity index (χ0v) is 21.6. The topological polar surface area (TPSA) is 94.8 Å². The van der Waals surface area contributed by atoms with Gasteiger partial charge in [-0.1, -0.05) is 31.9 Å². The standard InChI is InChI=1S/C22H27Br2NO6/c1-11-7-17(26)29-19-12(2)18(14(9-16(11)19)8-15(24)10-23)30-20(27)13(3)25-21(28)31-22(4,5)6/h7,9,13,15H,8,10H2,1-6H3,(H,25,28)/t13-,15?/m0/s1. The number of halogens is 2. The highest BCUT2D eigenvalue weighted by molar-refractivity contribution is 9.12. The maximum atomic E-state index is 12.7. The lowest BCUT2D eigenvalue weighted by molar-refractivity contribution is -0.136. The zero-order chi connectivity index (χ0) is 23.5. The van der Waals surface area contributed by atoms with Crippen molar-refractivity contribution in [2.45, 2.75) is 64.4 Å². The fraction of sp³-hybridized carbons (Fsp3) is 0.500. The van der Waals surface area contributed by atoms with Gasteiger partial charge in [-0.25, -0.2) is 14.4 Å². The molecule has 0 spiro atoms. The quantitative estimate of drug-likeness (QED) is 0.233. The van der Waals surface area contributed by atoms with E-state index in [0.717, 1.165) is 16.5 Å². The Morgan fingerprint density at radius 3 is 2.45 bits per heavy atom. The van der Waals surface area contributed by atoms with Crippen LogP contribution in [0.1, 0.15) is 44.4 Å². The van der Waals surface area contributed by atoms with Crippen molar-refractivity contribution in [3.05, 3.63) is 39.2 Å². The number of rotatable bonds is 6. The maximum absolute atomic E-state index is 12.7. The lowest BCUT2D eigenvalue weighted by Crippen LogP contribution is -2.43. The molecule has 31 heavy (non-hydrogen) atoms. The van der Waals surface area contributed by atoms with Crippen LogP contribution in [0.2, 0.25) is 0 Å². The number of alkyl carbamates (subject to hydrolysis) is 1. The number of benzene rings is 1. The van der Waals surface area contributed by atoms with Crippen LogP contribution in [0, 0.1) is 13.8 Å². The highest BCUT2D eigenvalue weighted by Crippen LogP contribution is 2.34. The summed E-state index contributed by atoms with van der Waals surface area (Å²) in [5.74, 6) is -0.344. The lowest BCUT2D eigenvalue weighted by atomic mass is 9.99. The third-order valence-corrected chi connectivity index (χ3v) is 6.69. The Hall–Kier alpha value is -1.87. The molecule has 1 unspecified atom stereocenters. The minimum absolute atomic E-state index is 0.0927. The van der Waals surface area contributed by atoms with Crippen molar-refractivity contribution in [3.8, 4) is 5.75 Å². The van der Waals surface area contributed by atoms with Crippen LogP contribution >= 0.6 is 31.9 Å². The highest BCUT2D eigenvalue weighted by Gasteiger charge is 2.25. The molecule has 7 nitrogen and oxygen atoms in total. The average molecular weight is 561 g/mol. The summed E-state index contributed by atoms with van der Waals surface area (Å²) in [5, 5.41) is 3.95. The fourth-order valence-electron chi connectivity index (χ4n) is 2.98. The summed E-state index contributed by atoms with van der Waals surface area (Å²) in [6, 6.07) is 2.35. The molecular weight excluding hydrogens is 534 g/mol. The molecule has 2 atom stereocenters. The van der Waals surface area contributed by atoms with Gasteiger partial charge in [-0.05, 0) is 65.2 Å². The van der Waals surface area contributed by atoms with Crippen LogP contribution in [0.5, 0.6) is 5.75 Å². The Morgan fingerprint density at radius 2 is 1.87 bits per heavy atom. The van der Waals surface area contributed by atoms with Gasteiger partial charge >= 0.3 is 17.7 Å². The van der Waals surface area contributed by atoms with Crippen molar-refractivity contribution in [2.75, 3.05) is 5.33 Å². The van der Waals surface area contributed by atoms with Crippen LogP contribution in [0.15, 0.2) is 21.3 Å². The predicted molar refractivity (Wildman–Crippen MR) is 127 cm³/mol. The van der Waals surface area contributed by atoms with Crippen LogP contribution < -0.4 is 15.7 Å². The van der Waals surface area contributed by atoms with Gasteiger partial charge in [0.1, 0.15) is 23.0 Å². The first-order valence-electron chi connectivity index (χ1n) is 9.80. The molecule has 1 aromatic heterocycles. The van der Waals surface area contributed by atoms with Crippen molar-refractivity contribution in [1.82, 2.24) is 5.32 Å². The van der Waals surface area contributed by atoms with Crippen molar-refractivity contribution < 1.29 is 23.5 Å². The van der Waals surface area contributed by atoms with E-state index in [1.807, 2.05) is 13.0 Å². The zero-order valence-electron chi connectivity index (χ0n) is 18.4. The van der Waals surface area contributed by atoms with Crippen LogP contribution in [0.3, 0.4) is 0 Å². The molecule has 170 valence electrons. The third-order valence-electron chi connectivity index (χ3n) is 4.40. The normalized spacial score (nSPS) is 13.5. The fourth-order valence-corrected chi connectivity index (χ4v) is 3.56. The first kappa shape index (κ1) is 25.4. The Kier molecular flexibility index (Phi) is 8.33. The largest absolute Gasteiger partial charge is 0.444 e. The highest BCUT2D eigenvalue weighted by atomic mass is 79.9. The Balaban J connectivity index is 2.41. The van der Waals surface area contributed by atoms with Crippen LogP contribution in [0.4, 0.5) is 4.79 Å². The number of ether oxygens (including phenoxy) is 2. The van der Waals surface area contributed by atoms with Crippen molar-refractivity contribution >= 4 is 54.9 Å². The van der Waals surface area contributed by atoms with E-state index >= 15 is 0 Å². The van der Waals surface area contributed by atoms with Gasteiger partial charge in [0.05, 0.1) is 0 Å². The van der Waals surface area contributed by atoms with E-state index in [-0.39, 0.29) is 4.83 Å². The van der Waals surface area contributed by atoms with Crippen molar-refractivity contribution in [2.24, 2.45) is 0 Å². The number of esters is 1. The van der Waals surface area contributed by atoms with E-state index in [1.165, 1.54) is 13.0 Å². The maximum Gasteiger partial charge on any atom is 0.408 e. The van der Waals surface area contributed by atoms with Crippen LogP contribution in [0.25, 0.3) is 11.0 Å². The van der Waals surface area contributed by atoms with Gasteiger partial charge in [0.2, 0.25) is 0 Å². The summed E-state index contributed by atoms with van der Waals surface area (Å²) in [7, 11) is 0. The summed E-state index contributed by atoms with van der Waals surface area (Å²) in [6.07, 6.45) is -0.147. The molecule has 0 bridgehead atoms. The second kappa shape index (κ2) is 10.2. The molecule has 0 aliphatic rings. The number of hydrogen-bond donors (Lipinski definition) is 1. The second-order valence-electron chi connectivity index (χ2n) is 8.36.